The Hall–Kier alpha value is -1.44. The second kappa shape index (κ2) is 6.55. The first-order chi connectivity index (χ1) is 10.3. The second-order valence-electron chi connectivity index (χ2n) is 4.22. The fourth-order valence-corrected chi connectivity index (χ4v) is 4.27. The predicted octanol–water partition coefficient (Wildman–Crippen LogP) is 4.06. The molecule has 0 saturated heterocycles. The summed E-state index contributed by atoms with van der Waals surface area (Å²) >= 11 is 4.57. The lowest BCUT2D eigenvalue weighted by molar-refractivity contribution is 0.102. The molecule has 0 N–H and O–H groups in total. The number of Topliss-reactive ketones (excluding diaryl/α,β-unsaturated/α-hetero) is 1. The molecule has 0 aliphatic rings. The Bertz CT molecular complexity index is 717. The van der Waals surface area contributed by atoms with Crippen LogP contribution in [0.5, 0.6) is 0 Å². The average Bonchev–Trinajstić information content (AvgIpc) is 3.24. The molecular weight excluding hydrogens is 322 g/mol. The zero-order valence-corrected chi connectivity index (χ0v) is 13.8. The summed E-state index contributed by atoms with van der Waals surface area (Å²) in [5.74, 6) is 1.40. The summed E-state index contributed by atoms with van der Waals surface area (Å²) in [5, 5.41) is 13.2. The van der Waals surface area contributed by atoms with E-state index in [0.717, 1.165) is 27.3 Å². The first-order valence-electron chi connectivity index (χ1n) is 6.46. The van der Waals surface area contributed by atoms with Crippen molar-refractivity contribution in [3.63, 3.8) is 0 Å². The van der Waals surface area contributed by atoms with Crippen molar-refractivity contribution < 1.29 is 4.79 Å². The van der Waals surface area contributed by atoms with Gasteiger partial charge < -0.3 is 4.57 Å². The first kappa shape index (κ1) is 14.5. The van der Waals surface area contributed by atoms with Gasteiger partial charge >= 0.3 is 0 Å². The van der Waals surface area contributed by atoms with Gasteiger partial charge in [-0.05, 0) is 29.8 Å². The maximum absolute atomic E-state index is 12.0. The number of thiophene rings is 2. The molecular formula is C14H13N3OS3. The number of nitrogens with zero attached hydrogens (tertiary/aromatic N) is 3. The molecule has 3 aromatic rings. The van der Waals surface area contributed by atoms with Crippen molar-refractivity contribution in [1.82, 2.24) is 14.8 Å². The minimum Gasteiger partial charge on any atom is -0.302 e. The largest absolute Gasteiger partial charge is 0.302 e. The van der Waals surface area contributed by atoms with E-state index in [4.69, 9.17) is 0 Å². The molecule has 0 radical (unpaired) electrons. The quantitative estimate of drug-likeness (QED) is 0.503. The van der Waals surface area contributed by atoms with Crippen LogP contribution in [0.1, 0.15) is 16.6 Å². The normalized spacial score (nSPS) is 10.9. The second-order valence-corrected chi connectivity index (χ2v) is 7.05. The van der Waals surface area contributed by atoms with Gasteiger partial charge in [-0.3, -0.25) is 4.79 Å². The number of hydrogen-bond acceptors (Lipinski definition) is 6. The Morgan fingerprint density at radius 2 is 2.05 bits per heavy atom. The van der Waals surface area contributed by atoms with Crippen LogP contribution in [0.3, 0.4) is 0 Å². The molecule has 0 saturated carbocycles. The fraction of sp³-hybridized carbons (Fsp3) is 0.214. The molecule has 0 aromatic carbocycles. The van der Waals surface area contributed by atoms with E-state index in [2.05, 4.69) is 21.7 Å². The summed E-state index contributed by atoms with van der Waals surface area (Å²) in [5.41, 5.74) is 0. The Balaban J connectivity index is 1.76. The molecule has 0 aliphatic carbocycles. The number of hydrogen-bond donors (Lipinski definition) is 0. The molecule has 4 nitrogen and oxygen atoms in total. The topological polar surface area (TPSA) is 47.8 Å². The number of carbonyl (C=O) groups excluding carboxylic acids is 1. The standard InChI is InChI=1S/C14H13N3OS3/c1-2-17-13(12-6-4-8-20-12)15-16-14(17)21-9-10(18)11-5-3-7-19-11/h3-8H,2,9H2,1H3. The van der Waals surface area contributed by atoms with Crippen LogP contribution < -0.4 is 0 Å². The van der Waals surface area contributed by atoms with Crippen LogP contribution in [-0.4, -0.2) is 26.3 Å². The number of rotatable bonds is 6. The van der Waals surface area contributed by atoms with Crippen molar-refractivity contribution in [3.05, 3.63) is 39.9 Å². The summed E-state index contributed by atoms with van der Waals surface area (Å²) < 4.78 is 2.05. The molecule has 3 aromatic heterocycles. The highest BCUT2D eigenvalue weighted by Crippen LogP contribution is 2.27. The van der Waals surface area contributed by atoms with Gasteiger partial charge in [0.1, 0.15) is 0 Å². The van der Waals surface area contributed by atoms with Crippen molar-refractivity contribution in [2.75, 3.05) is 5.75 Å². The lowest BCUT2D eigenvalue weighted by atomic mass is 10.4. The number of carbonyl (C=O) groups is 1. The van der Waals surface area contributed by atoms with Crippen molar-refractivity contribution in [1.29, 1.82) is 0 Å². The van der Waals surface area contributed by atoms with E-state index < -0.39 is 0 Å². The minimum absolute atomic E-state index is 0.137. The summed E-state index contributed by atoms with van der Waals surface area (Å²) in [7, 11) is 0. The summed E-state index contributed by atoms with van der Waals surface area (Å²) in [6.45, 7) is 2.85. The molecule has 0 amide bonds. The molecule has 108 valence electrons. The molecule has 7 heteroatoms. The maximum atomic E-state index is 12.0. The van der Waals surface area contributed by atoms with Crippen LogP contribution in [0.4, 0.5) is 0 Å². The molecule has 3 rings (SSSR count). The van der Waals surface area contributed by atoms with Crippen LogP contribution in [0.15, 0.2) is 40.2 Å². The fourth-order valence-electron chi connectivity index (χ4n) is 1.91. The molecule has 0 bridgehead atoms. The maximum Gasteiger partial charge on any atom is 0.191 e. The van der Waals surface area contributed by atoms with Gasteiger partial charge in [0.25, 0.3) is 0 Å². The Kier molecular flexibility index (Phi) is 4.52. The highest BCUT2D eigenvalue weighted by Gasteiger charge is 2.15. The van der Waals surface area contributed by atoms with Gasteiger partial charge in [0.05, 0.1) is 15.5 Å². The van der Waals surface area contributed by atoms with Gasteiger partial charge in [0.15, 0.2) is 16.8 Å². The molecule has 0 unspecified atom stereocenters. The summed E-state index contributed by atoms with van der Waals surface area (Å²) in [4.78, 5) is 13.9. The Morgan fingerprint density at radius 1 is 1.24 bits per heavy atom. The van der Waals surface area contributed by atoms with Gasteiger partial charge in [0, 0.05) is 6.54 Å². The molecule has 21 heavy (non-hydrogen) atoms. The van der Waals surface area contributed by atoms with E-state index in [9.17, 15) is 4.79 Å². The first-order valence-corrected chi connectivity index (χ1v) is 9.20. The van der Waals surface area contributed by atoms with Gasteiger partial charge in [-0.2, -0.15) is 0 Å². The number of ketones is 1. The summed E-state index contributed by atoms with van der Waals surface area (Å²) in [6.07, 6.45) is 0. The number of aromatic nitrogens is 3. The van der Waals surface area contributed by atoms with Gasteiger partial charge in [-0.15, -0.1) is 32.9 Å². The SMILES string of the molecule is CCn1c(SCC(=O)c2cccs2)nnc1-c1cccs1. The van der Waals surface area contributed by atoms with Crippen LogP contribution in [-0.2, 0) is 6.54 Å². The van der Waals surface area contributed by atoms with Crippen LogP contribution in [0.25, 0.3) is 10.7 Å². The average molecular weight is 335 g/mol. The van der Waals surface area contributed by atoms with Crippen LogP contribution >= 0.6 is 34.4 Å². The highest BCUT2D eigenvalue weighted by atomic mass is 32.2. The minimum atomic E-state index is 0.137. The van der Waals surface area contributed by atoms with Crippen molar-refractivity contribution >= 4 is 40.2 Å². The third kappa shape index (κ3) is 3.09. The molecule has 0 fully saturated rings. The van der Waals surface area contributed by atoms with Crippen molar-refractivity contribution in [2.24, 2.45) is 0 Å². The van der Waals surface area contributed by atoms with Crippen molar-refractivity contribution in [2.45, 2.75) is 18.6 Å². The van der Waals surface area contributed by atoms with E-state index in [1.807, 2.05) is 35.0 Å². The van der Waals surface area contributed by atoms with Crippen LogP contribution in [0, 0.1) is 0 Å². The van der Waals surface area contributed by atoms with E-state index in [-0.39, 0.29) is 5.78 Å². The predicted molar refractivity (Wildman–Crippen MR) is 88.4 cm³/mol. The molecule has 0 aliphatic heterocycles. The number of thioether (sulfide) groups is 1. The monoisotopic (exact) mass is 335 g/mol. The molecule has 3 heterocycles. The Morgan fingerprint density at radius 3 is 2.71 bits per heavy atom. The van der Waals surface area contributed by atoms with E-state index in [1.165, 1.54) is 23.1 Å². The van der Waals surface area contributed by atoms with Gasteiger partial charge in [-0.1, -0.05) is 23.9 Å². The zero-order valence-electron chi connectivity index (χ0n) is 11.4. The summed E-state index contributed by atoms with van der Waals surface area (Å²) in [6, 6.07) is 7.79. The van der Waals surface area contributed by atoms with Gasteiger partial charge in [0.2, 0.25) is 0 Å². The lowest BCUT2D eigenvalue weighted by Crippen LogP contribution is -2.03. The Labute approximate surface area is 134 Å². The van der Waals surface area contributed by atoms with E-state index in [0.29, 0.717) is 5.75 Å². The highest BCUT2D eigenvalue weighted by molar-refractivity contribution is 7.99. The van der Waals surface area contributed by atoms with E-state index in [1.54, 1.807) is 11.3 Å². The molecule has 0 atom stereocenters. The zero-order chi connectivity index (χ0) is 14.7. The van der Waals surface area contributed by atoms with Gasteiger partial charge in [-0.25, -0.2) is 0 Å². The third-order valence-electron chi connectivity index (χ3n) is 2.90. The van der Waals surface area contributed by atoms with Crippen LogP contribution in [0.2, 0.25) is 0 Å². The van der Waals surface area contributed by atoms with Crippen molar-refractivity contribution in [3.8, 4) is 10.7 Å². The smallest absolute Gasteiger partial charge is 0.191 e. The lowest BCUT2D eigenvalue weighted by Gasteiger charge is -2.05. The third-order valence-corrected chi connectivity index (χ3v) is 5.65. The molecule has 0 spiro atoms. The van der Waals surface area contributed by atoms with E-state index >= 15 is 0 Å².